The Balaban J connectivity index is 2.18. The van der Waals surface area contributed by atoms with Gasteiger partial charge in [-0.25, -0.2) is 0 Å². The Bertz CT molecular complexity index is 543. The lowest BCUT2D eigenvalue weighted by molar-refractivity contribution is 0.854. The fraction of sp³-hybridized carbons (Fsp3) is 0.182. The Hall–Kier alpha value is -1.40. The van der Waals surface area contributed by atoms with Gasteiger partial charge in [-0.05, 0) is 36.2 Å². The zero-order valence-electron chi connectivity index (χ0n) is 9.56. The van der Waals surface area contributed by atoms with Gasteiger partial charge in [0.25, 0.3) is 0 Å². The van der Waals surface area contributed by atoms with Crippen molar-refractivity contribution in [1.82, 2.24) is 15.0 Å². The highest BCUT2D eigenvalue weighted by Gasteiger charge is 2.09. The average molecular weight is 329 g/mol. The van der Waals surface area contributed by atoms with Crippen LogP contribution in [0.5, 0.6) is 0 Å². The molecule has 3 N–H and O–H groups in total. The topological polar surface area (TPSA) is 76.7 Å². The molecule has 1 heterocycles. The number of benzene rings is 1. The molecule has 5 nitrogen and oxygen atoms in total. The van der Waals surface area contributed by atoms with E-state index >= 15 is 0 Å². The van der Waals surface area contributed by atoms with E-state index in [-0.39, 0.29) is 17.3 Å². The van der Waals surface area contributed by atoms with Gasteiger partial charge in [-0.1, -0.05) is 28.1 Å². The summed E-state index contributed by atoms with van der Waals surface area (Å²) in [6.45, 7) is 2.00. The van der Waals surface area contributed by atoms with Gasteiger partial charge in [-0.2, -0.15) is 15.0 Å². The lowest BCUT2D eigenvalue weighted by Crippen LogP contribution is -2.11. The van der Waals surface area contributed by atoms with Crippen LogP contribution in [0.3, 0.4) is 0 Å². The first-order chi connectivity index (χ1) is 8.54. The molecule has 1 aromatic heterocycles. The van der Waals surface area contributed by atoms with E-state index in [1.165, 1.54) is 0 Å². The number of anilines is 2. The molecule has 0 saturated carbocycles. The van der Waals surface area contributed by atoms with Gasteiger partial charge in [0.15, 0.2) is 0 Å². The molecule has 0 saturated heterocycles. The minimum Gasteiger partial charge on any atom is -0.368 e. The third-order valence-electron chi connectivity index (χ3n) is 2.32. The zero-order chi connectivity index (χ0) is 13.1. The van der Waals surface area contributed by atoms with E-state index in [4.69, 9.17) is 17.3 Å². The monoisotopic (exact) mass is 327 g/mol. The first kappa shape index (κ1) is 13.0. The third kappa shape index (κ3) is 3.30. The highest BCUT2D eigenvalue weighted by Crippen LogP contribution is 2.21. The first-order valence-corrected chi connectivity index (χ1v) is 6.41. The van der Waals surface area contributed by atoms with Gasteiger partial charge in [0.05, 0.1) is 6.04 Å². The van der Waals surface area contributed by atoms with Crippen molar-refractivity contribution in [2.24, 2.45) is 0 Å². The Morgan fingerprint density at radius 3 is 2.78 bits per heavy atom. The molecule has 1 atom stereocenters. The van der Waals surface area contributed by atoms with Gasteiger partial charge in [0.1, 0.15) is 0 Å². The van der Waals surface area contributed by atoms with Crippen molar-refractivity contribution in [2.75, 3.05) is 11.1 Å². The zero-order valence-corrected chi connectivity index (χ0v) is 11.9. The molecule has 1 unspecified atom stereocenters. The van der Waals surface area contributed by atoms with Gasteiger partial charge in [-0.15, -0.1) is 0 Å². The molecule has 94 valence electrons. The standard InChI is InChI=1S/C11H11BrClN5/c1-6(7-3-2-4-8(12)5-7)15-11-17-9(13)16-10(14)18-11/h2-6H,1H3,(H3,14,15,16,17,18). The van der Waals surface area contributed by atoms with Gasteiger partial charge >= 0.3 is 0 Å². The molecule has 0 spiro atoms. The van der Waals surface area contributed by atoms with Gasteiger partial charge < -0.3 is 11.1 Å². The molecule has 0 aliphatic heterocycles. The highest BCUT2D eigenvalue weighted by atomic mass is 79.9. The van der Waals surface area contributed by atoms with Crippen molar-refractivity contribution >= 4 is 39.4 Å². The van der Waals surface area contributed by atoms with Gasteiger partial charge in [-0.3, -0.25) is 0 Å². The smallest absolute Gasteiger partial charge is 0.229 e. The minimum atomic E-state index is 0.0281. The largest absolute Gasteiger partial charge is 0.368 e. The number of nitrogen functional groups attached to an aromatic ring is 1. The second-order valence-corrected chi connectivity index (χ2v) is 4.96. The van der Waals surface area contributed by atoms with E-state index in [0.29, 0.717) is 5.95 Å². The number of nitrogens with one attached hydrogen (secondary N) is 1. The molecule has 0 amide bonds. The van der Waals surface area contributed by atoms with Crippen LogP contribution in [-0.2, 0) is 0 Å². The second kappa shape index (κ2) is 5.49. The molecule has 2 aromatic rings. The molecule has 0 aliphatic rings. The Kier molecular flexibility index (Phi) is 3.98. The maximum absolute atomic E-state index is 5.72. The maximum Gasteiger partial charge on any atom is 0.229 e. The van der Waals surface area contributed by atoms with Crippen LogP contribution in [0.2, 0.25) is 5.28 Å². The van der Waals surface area contributed by atoms with Crippen molar-refractivity contribution in [3.8, 4) is 0 Å². The van der Waals surface area contributed by atoms with Crippen LogP contribution in [0.1, 0.15) is 18.5 Å². The van der Waals surface area contributed by atoms with Crippen molar-refractivity contribution in [2.45, 2.75) is 13.0 Å². The number of hydrogen-bond acceptors (Lipinski definition) is 5. The van der Waals surface area contributed by atoms with Crippen molar-refractivity contribution in [3.05, 3.63) is 39.6 Å². The van der Waals surface area contributed by atoms with Crippen LogP contribution in [0.4, 0.5) is 11.9 Å². The summed E-state index contributed by atoms with van der Waals surface area (Å²) in [6.07, 6.45) is 0. The fourth-order valence-corrected chi connectivity index (χ4v) is 2.07. The summed E-state index contributed by atoms with van der Waals surface area (Å²) in [5.74, 6) is 0.457. The summed E-state index contributed by atoms with van der Waals surface area (Å²) in [5.41, 5.74) is 6.60. The van der Waals surface area contributed by atoms with E-state index in [9.17, 15) is 0 Å². The Morgan fingerprint density at radius 2 is 2.11 bits per heavy atom. The van der Waals surface area contributed by atoms with Crippen LogP contribution < -0.4 is 11.1 Å². The fourth-order valence-electron chi connectivity index (χ4n) is 1.48. The number of rotatable bonds is 3. The second-order valence-electron chi connectivity index (χ2n) is 3.71. The summed E-state index contributed by atoms with van der Waals surface area (Å²) in [6, 6.07) is 7.99. The van der Waals surface area contributed by atoms with Crippen molar-refractivity contribution in [1.29, 1.82) is 0 Å². The van der Waals surface area contributed by atoms with E-state index in [1.54, 1.807) is 0 Å². The summed E-state index contributed by atoms with van der Waals surface area (Å²) in [4.78, 5) is 11.6. The van der Waals surface area contributed by atoms with Gasteiger partial charge in [0.2, 0.25) is 17.2 Å². The third-order valence-corrected chi connectivity index (χ3v) is 2.98. The van der Waals surface area contributed by atoms with Crippen molar-refractivity contribution in [3.63, 3.8) is 0 Å². The number of nitrogens with two attached hydrogens (primary N) is 1. The lowest BCUT2D eigenvalue weighted by Gasteiger charge is -2.14. The number of aromatic nitrogens is 3. The normalized spacial score (nSPS) is 12.2. The molecular weight excluding hydrogens is 318 g/mol. The summed E-state index contributed by atoms with van der Waals surface area (Å²) in [7, 11) is 0. The minimum absolute atomic E-state index is 0.0281. The predicted octanol–water partition coefficient (Wildman–Crippen LogP) is 3.04. The molecule has 18 heavy (non-hydrogen) atoms. The lowest BCUT2D eigenvalue weighted by atomic mass is 10.1. The summed E-state index contributed by atoms with van der Waals surface area (Å²) >= 11 is 9.14. The van der Waals surface area contributed by atoms with Crippen LogP contribution >= 0.6 is 27.5 Å². The number of halogens is 2. The van der Waals surface area contributed by atoms with E-state index < -0.39 is 0 Å². The summed E-state index contributed by atoms with van der Waals surface area (Å²) in [5, 5.41) is 3.19. The summed E-state index contributed by atoms with van der Waals surface area (Å²) < 4.78 is 1.02. The molecular formula is C11H11BrClN5. The van der Waals surface area contributed by atoms with Crippen LogP contribution in [-0.4, -0.2) is 15.0 Å². The Morgan fingerprint density at radius 1 is 1.33 bits per heavy atom. The molecule has 2 rings (SSSR count). The van der Waals surface area contributed by atoms with E-state index in [1.807, 2.05) is 31.2 Å². The average Bonchev–Trinajstić information content (AvgIpc) is 2.27. The van der Waals surface area contributed by atoms with E-state index in [0.717, 1.165) is 10.0 Å². The van der Waals surface area contributed by atoms with Crippen LogP contribution in [0.25, 0.3) is 0 Å². The van der Waals surface area contributed by atoms with Gasteiger partial charge in [0, 0.05) is 4.47 Å². The van der Waals surface area contributed by atoms with Crippen LogP contribution in [0.15, 0.2) is 28.7 Å². The quantitative estimate of drug-likeness (QED) is 0.905. The maximum atomic E-state index is 5.72. The van der Waals surface area contributed by atoms with Crippen molar-refractivity contribution < 1.29 is 0 Å². The van der Waals surface area contributed by atoms with Crippen LogP contribution in [0, 0.1) is 0 Å². The predicted molar refractivity (Wildman–Crippen MR) is 75.4 cm³/mol. The highest BCUT2D eigenvalue weighted by molar-refractivity contribution is 9.10. The molecule has 7 heteroatoms. The molecule has 0 fully saturated rings. The molecule has 1 aromatic carbocycles. The first-order valence-electron chi connectivity index (χ1n) is 5.23. The SMILES string of the molecule is CC(Nc1nc(N)nc(Cl)n1)c1cccc(Br)c1. The molecule has 0 radical (unpaired) electrons. The molecule has 0 bridgehead atoms. The van der Waals surface area contributed by atoms with E-state index in [2.05, 4.69) is 36.2 Å². The molecule has 0 aliphatic carbocycles. The number of nitrogens with zero attached hydrogens (tertiary/aromatic N) is 3. The number of hydrogen-bond donors (Lipinski definition) is 2. The Labute approximate surface area is 118 Å².